The van der Waals surface area contributed by atoms with E-state index in [0.29, 0.717) is 0 Å². The number of hydrogen-bond acceptors (Lipinski definition) is 4. The van der Waals surface area contributed by atoms with E-state index in [9.17, 15) is 9.59 Å². The third-order valence-corrected chi connectivity index (χ3v) is 1.12. The molecule has 0 aliphatic carbocycles. The molecule has 0 rings (SSSR count). The molecule has 0 atom stereocenters. The second kappa shape index (κ2) is 5.99. The van der Waals surface area contributed by atoms with E-state index in [1.165, 1.54) is 6.08 Å². The highest BCUT2D eigenvalue weighted by Gasteiger charge is 2.13. The molecular weight excluding hydrogens is 172 g/mol. The number of ether oxygens (including phenoxy) is 2. The van der Waals surface area contributed by atoms with Crippen LogP contribution in [-0.2, 0) is 19.1 Å². The summed E-state index contributed by atoms with van der Waals surface area (Å²) in [4.78, 5) is 21.7. The fraction of sp³-hybridized carbons (Fsp3) is 0.333. The third kappa shape index (κ3) is 4.10. The zero-order valence-electron chi connectivity index (χ0n) is 7.70. The van der Waals surface area contributed by atoms with Crippen LogP contribution in [0.3, 0.4) is 0 Å². The number of rotatable bonds is 4. The molecule has 0 radical (unpaired) electrons. The Morgan fingerprint density at radius 2 is 2.08 bits per heavy atom. The van der Waals surface area contributed by atoms with Crippen molar-refractivity contribution in [3.8, 4) is 0 Å². The van der Waals surface area contributed by atoms with Crippen LogP contribution in [0.15, 0.2) is 24.5 Å². The Morgan fingerprint density at radius 3 is 2.46 bits per heavy atom. The highest BCUT2D eigenvalue weighted by molar-refractivity contribution is 5.92. The molecule has 72 valence electrons. The molecule has 0 unspecified atom stereocenters. The van der Waals surface area contributed by atoms with Gasteiger partial charge in [0.25, 0.3) is 0 Å². The lowest BCUT2D eigenvalue weighted by atomic mass is 10.4. The summed E-state index contributed by atoms with van der Waals surface area (Å²) in [5.41, 5.74) is 0. The van der Waals surface area contributed by atoms with E-state index in [0.717, 1.165) is 6.08 Å². The second-order valence-electron chi connectivity index (χ2n) is 2.00. The van der Waals surface area contributed by atoms with Crippen molar-refractivity contribution in [2.75, 3.05) is 6.61 Å². The molecule has 0 N–H and O–H groups in total. The van der Waals surface area contributed by atoms with Crippen molar-refractivity contribution in [2.24, 2.45) is 0 Å². The Bertz CT molecular complexity index is 240. The van der Waals surface area contributed by atoms with Gasteiger partial charge in [0.15, 0.2) is 0 Å². The molecule has 0 aromatic heterocycles. The number of esters is 2. The monoisotopic (exact) mass is 184 g/mol. The van der Waals surface area contributed by atoms with Crippen LogP contribution in [0.2, 0.25) is 0 Å². The molecule has 0 aliphatic heterocycles. The minimum absolute atomic E-state index is 0.119. The summed E-state index contributed by atoms with van der Waals surface area (Å²) < 4.78 is 9.21. The molecular formula is C9H12O4. The fourth-order valence-electron chi connectivity index (χ4n) is 0.571. The Labute approximate surface area is 76.8 Å². The molecule has 0 fully saturated rings. The standard InChI is InChI=1S/C9H12O4/c1-4-7(9(11)12-6-3)13-8(10)5-2/h4-5H,2,6H2,1,3H3. The van der Waals surface area contributed by atoms with Gasteiger partial charge in [0.2, 0.25) is 5.76 Å². The van der Waals surface area contributed by atoms with Crippen LogP contribution < -0.4 is 0 Å². The lowest BCUT2D eigenvalue weighted by Crippen LogP contribution is -2.13. The van der Waals surface area contributed by atoms with Crippen molar-refractivity contribution in [3.05, 3.63) is 24.5 Å². The Hall–Kier alpha value is -1.58. The van der Waals surface area contributed by atoms with Crippen molar-refractivity contribution in [3.63, 3.8) is 0 Å². The van der Waals surface area contributed by atoms with Crippen LogP contribution in [0.5, 0.6) is 0 Å². The summed E-state index contributed by atoms with van der Waals surface area (Å²) >= 11 is 0. The van der Waals surface area contributed by atoms with Crippen molar-refractivity contribution in [1.29, 1.82) is 0 Å². The summed E-state index contributed by atoms with van der Waals surface area (Å²) in [5.74, 6) is -1.45. The maximum absolute atomic E-state index is 11.0. The van der Waals surface area contributed by atoms with Gasteiger partial charge >= 0.3 is 11.9 Å². The van der Waals surface area contributed by atoms with Crippen molar-refractivity contribution in [2.45, 2.75) is 13.8 Å². The van der Waals surface area contributed by atoms with Crippen LogP contribution in [0, 0.1) is 0 Å². The molecule has 0 heterocycles. The number of hydrogen-bond donors (Lipinski definition) is 0. The number of carbonyl (C=O) groups excluding carboxylic acids is 2. The van der Waals surface area contributed by atoms with E-state index in [-0.39, 0.29) is 12.4 Å². The quantitative estimate of drug-likeness (QED) is 0.374. The van der Waals surface area contributed by atoms with Gasteiger partial charge in [-0.15, -0.1) is 0 Å². The molecule has 13 heavy (non-hydrogen) atoms. The van der Waals surface area contributed by atoms with E-state index in [4.69, 9.17) is 0 Å². The van der Waals surface area contributed by atoms with Crippen LogP contribution in [0.4, 0.5) is 0 Å². The lowest BCUT2D eigenvalue weighted by molar-refractivity contribution is -0.148. The molecule has 0 bridgehead atoms. The first-order chi connectivity index (χ1) is 6.15. The van der Waals surface area contributed by atoms with Gasteiger partial charge in [-0.25, -0.2) is 9.59 Å². The van der Waals surface area contributed by atoms with Gasteiger partial charge in [0, 0.05) is 6.08 Å². The normalized spacial score (nSPS) is 10.5. The van der Waals surface area contributed by atoms with Gasteiger partial charge in [-0.3, -0.25) is 0 Å². The molecule has 0 aliphatic rings. The lowest BCUT2D eigenvalue weighted by Gasteiger charge is -2.04. The van der Waals surface area contributed by atoms with Crippen molar-refractivity contribution >= 4 is 11.9 Å². The third-order valence-electron chi connectivity index (χ3n) is 1.12. The molecule has 0 aromatic rings. The molecule has 0 saturated heterocycles. The van der Waals surface area contributed by atoms with Gasteiger partial charge in [0.05, 0.1) is 6.61 Å². The van der Waals surface area contributed by atoms with Crippen LogP contribution in [0.1, 0.15) is 13.8 Å². The predicted molar refractivity (Wildman–Crippen MR) is 46.7 cm³/mol. The zero-order chi connectivity index (χ0) is 10.3. The first-order valence-electron chi connectivity index (χ1n) is 3.83. The van der Waals surface area contributed by atoms with Crippen molar-refractivity contribution in [1.82, 2.24) is 0 Å². The van der Waals surface area contributed by atoms with Crippen LogP contribution in [-0.4, -0.2) is 18.5 Å². The largest absolute Gasteiger partial charge is 0.460 e. The fourth-order valence-corrected chi connectivity index (χ4v) is 0.571. The van der Waals surface area contributed by atoms with E-state index < -0.39 is 11.9 Å². The van der Waals surface area contributed by atoms with Gasteiger partial charge < -0.3 is 9.47 Å². The molecule has 0 amide bonds. The minimum atomic E-state index is -0.679. The molecule has 0 spiro atoms. The van der Waals surface area contributed by atoms with Gasteiger partial charge in [-0.1, -0.05) is 6.58 Å². The molecule has 4 nitrogen and oxygen atoms in total. The maximum atomic E-state index is 11.0. The Morgan fingerprint density at radius 1 is 1.46 bits per heavy atom. The predicted octanol–water partition coefficient (Wildman–Crippen LogP) is 1.18. The molecule has 4 heteroatoms. The van der Waals surface area contributed by atoms with Gasteiger partial charge in [-0.2, -0.15) is 0 Å². The van der Waals surface area contributed by atoms with Crippen LogP contribution >= 0.6 is 0 Å². The summed E-state index contributed by atoms with van der Waals surface area (Å²) in [7, 11) is 0. The van der Waals surface area contributed by atoms with E-state index in [1.54, 1.807) is 13.8 Å². The van der Waals surface area contributed by atoms with Gasteiger partial charge in [-0.05, 0) is 19.9 Å². The smallest absolute Gasteiger partial charge is 0.374 e. The average molecular weight is 184 g/mol. The van der Waals surface area contributed by atoms with Crippen molar-refractivity contribution < 1.29 is 19.1 Å². The van der Waals surface area contributed by atoms with Crippen LogP contribution in [0.25, 0.3) is 0 Å². The highest BCUT2D eigenvalue weighted by atomic mass is 16.6. The maximum Gasteiger partial charge on any atom is 0.374 e. The topological polar surface area (TPSA) is 52.6 Å². The molecule has 0 aromatic carbocycles. The zero-order valence-corrected chi connectivity index (χ0v) is 7.70. The summed E-state index contributed by atoms with van der Waals surface area (Å²) in [6, 6.07) is 0. The summed E-state index contributed by atoms with van der Waals surface area (Å²) in [6.45, 7) is 6.68. The number of carbonyl (C=O) groups is 2. The number of allylic oxidation sites excluding steroid dienone is 1. The Kier molecular flexibility index (Phi) is 5.27. The molecule has 0 saturated carbocycles. The van der Waals surface area contributed by atoms with E-state index >= 15 is 0 Å². The average Bonchev–Trinajstić information content (AvgIpc) is 2.14. The van der Waals surface area contributed by atoms with Gasteiger partial charge in [0.1, 0.15) is 0 Å². The SMILES string of the molecule is C=CC(=O)OC(=CC)C(=O)OCC. The second-order valence-corrected chi connectivity index (χ2v) is 2.00. The first kappa shape index (κ1) is 11.4. The summed E-state index contributed by atoms with van der Waals surface area (Å²) in [5, 5.41) is 0. The summed E-state index contributed by atoms with van der Waals surface area (Å²) in [6.07, 6.45) is 2.34. The first-order valence-corrected chi connectivity index (χ1v) is 3.83. The van der Waals surface area contributed by atoms with E-state index in [2.05, 4.69) is 16.1 Å². The Balaban J connectivity index is 4.28. The minimum Gasteiger partial charge on any atom is -0.460 e. The van der Waals surface area contributed by atoms with E-state index in [1.807, 2.05) is 0 Å². The highest BCUT2D eigenvalue weighted by Crippen LogP contribution is 2.01.